The quantitative estimate of drug-likeness (QED) is 0.308. The maximum absolute atomic E-state index is 14.9. The summed E-state index contributed by atoms with van der Waals surface area (Å²) < 4.78 is 43.2. The van der Waals surface area contributed by atoms with Gasteiger partial charge in [-0.3, -0.25) is 9.59 Å². The topological polar surface area (TPSA) is 90.0 Å². The summed E-state index contributed by atoms with van der Waals surface area (Å²) in [5.41, 5.74) is 1.10. The van der Waals surface area contributed by atoms with Crippen LogP contribution in [0.4, 0.5) is 10.1 Å². The molecule has 0 radical (unpaired) electrons. The Morgan fingerprint density at radius 2 is 1.56 bits per heavy atom. The number of nitrogens with one attached hydrogen (secondary N) is 1. The average molecular weight is 603 g/mol. The Labute approximate surface area is 246 Å². The summed E-state index contributed by atoms with van der Waals surface area (Å²) in [6.07, 6.45) is 0.837. The summed E-state index contributed by atoms with van der Waals surface area (Å²) in [7, 11) is -1.70. The number of amides is 2. The third-order valence-electron chi connectivity index (χ3n) is 6.71. The van der Waals surface area contributed by atoms with E-state index in [-0.39, 0.29) is 24.7 Å². The van der Waals surface area contributed by atoms with Crippen molar-refractivity contribution < 1.29 is 22.4 Å². The predicted molar refractivity (Wildman–Crippen MR) is 160 cm³/mol. The lowest BCUT2D eigenvalue weighted by Gasteiger charge is -2.35. The molecule has 0 unspecified atom stereocenters. The second-order valence-electron chi connectivity index (χ2n) is 9.88. The molecule has 220 valence electrons. The van der Waals surface area contributed by atoms with Gasteiger partial charge in [-0.2, -0.15) is 12.7 Å². The van der Waals surface area contributed by atoms with Crippen molar-refractivity contribution in [2.45, 2.75) is 45.3 Å². The predicted octanol–water partition coefficient (Wildman–Crippen LogP) is 4.65. The fraction of sp³-hybridized carbons (Fsp3) is 0.333. The molecule has 3 aromatic rings. The number of hydrogen-bond donors (Lipinski definition) is 1. The molecule has 11 heteroatoms. The summed E-state index contributed by atoms with van der Waals surface area (Å²) in [6.45, 7) is 2.98. The molecule has 2 atom stereocenters. The molecule has 3 aromatic carbocycles. The summed E-state index contributed by atoms with van der Waals surface area (Å²) >= 11 is 6.46. The third-order valence-corrected chi connectivity index (χ3v) is 8.89. The van der Waals surface area contributed by atoms with Crippen molar-refractivity contribution in [1.82, 2.24) is 14.5 Å². The van der Waals surface area contributed by atoms with Gasteiger partial charge in [-0.1, -0.05) is 79.2 Å². The summed E-state index contributed by atoms with van der Waals surface area (Å²) in [5, 5.41) is 3.35. The molecule has 41 heavy (non-hydrogen) atoms. The lowest BCUT2D eigenvalue weighted by Crippen LogP contribution is -2.55. The van der Waals surface area contributed by atoms with Crippen LogP contribution in [0, 0.1) is 5.82 Å². The van der Waals surface area contributed by atoms with Gasteiger partial charge in [-0.15, -0.1) is 0 Å². The van der Waals surface area contributed by atoms with Crippen molar-refractivity contribution in [3.8, 4) is 0 Å². The van der Waals surface area contributed by atoms with Crippen molar-refractivity contribution in [2.75, 3.05) is 24.9 Å². The van der Waals surface area contributed by atoms with Gasteiger partial charge in [-0.05, 0) is 42.7 Å². The number of benzene rings is 3. The molecular formula is C30H36ClFN4O4S. The Kier molecular flexibility index (Phi) is 11.3. The summed E-state index contributed by atoms with van der Waals surface area (Å²) in [6, 6.07) is 20.3. The smallest absolute Gasteiger partial charge is 0.304 e. The molecule has 0 spiro atoms. The van der Waals surface area contributed by atoms with Crippen LogP contribution in [0.5, 0.6) is 0 Å². The minimum absolute atomic E-state index is 0.0724. The van der Waals surface area contributed by atoms with Gasteiger partial charge in [-0.25, -0.2) is 8.70 Å². The number of halogens is 2. The Hall–Kier alpha value is -3.47. The molecule has 0 saturated heterocycles. The molecule has 0 aliphatic carbocycles. The molecule has 0 aliphatic heterocycles. The largest absolute Gasteiger partial charge is 0.352 e. The van der Waals surface area contributed by atoms with Crippen LogP contribution in [-0.2, 0) is 32.8 Å². The van der Waals surface area contributed by atoms with E-state index < -0.39 is 40.4 Å². The van der Waals surface area contributed by atoms with E-state index >= 15 is 0 Å². The molecule has 0 fully saturated rings. The van der Waals surface area contributed by atoms with Crippen LogP contribution < -0.4 is 9.62 Å². The first-order valence-corrected chi connectivity index (χ1v) is 15.0. The molecular weight excluding hydrogens is 567 g/mol. The Bertz CT molecular complexity index is 1440. The van der Waals surface area contributed by atoms with E-state index in [0.717, 1.165) is 20.2 Å². The number of carbonyl (C=O) groups excluding carboxylic acids is 2. The fourth-order valence-corrected chi connectivity index (χ4v) is 5.42. The molecule has 0 bridgehead atoms. The van der Waals surface area contributed by atoms with E-state index in [1.54, 1.807) is 24.3 Å². The molecule has 0 saturated carbocycles. The van der Waals surface area contributed by atoms with Gasteiger partial charge in [0.05, 0.1) is 5.69 Å². The van der Waals surface area contributed by atoms with E-state index in [0.29, 0.717) is 17.0 Å². The van der Waals surface area contributed by atoms with Crippen molar-refractivity contribution in [2.24, 2.45) is 0 Å². The molecule has 1 N–H and O–H groups in total. The molecule has 2 amide bonds. The number of nitrogens with zero attached hydrogens (tertiary/aromatic N) is 3. The van der Waals surface area contributed by atoms with E-state index in [2.05, 4.69) is 5.32 Å². The van der Waals surface area contributed by atoms with Gasteiger partial charge in [0.2, 0.25) is 11.8 Å². The summed E-state index contributed by atoms with van der Waals surface area (Å²) in [5.74, 6) is -1.89. The van der Waals surface area contributed by atoms with Crippen LogP contribution >= 0.6 is 11.6 Å². The maximum Gasteiger partial charge on any atom is 0.304 e. The van der Waals surface area contributed by atoms with Gasteiger partial charge < -0.3 is 10.2 Å². The first-order valence-electron chi connectivity index (χ1n) is 13.3. The SMILES string of the molecule is CC[C@@H](C)NC(=O)[C@@H](Cc1ccccc1)N(Cc1ccccc1Cl)C(=O)CN(c1ccccc1F)S(=O)(=O)N(C)C. The van der Waals surface area contributed by atoms with Crippen LogP contribution in [0.1, 0.15) is 31.4 Å². The Morgan fingerprint density at radius 1 is 0.951 bits per heavy atom. The highest BCUT2D eigenvalue weighted by Gasteiger charge is 2.36. The number of hydrogen-bond acceptors (Lipinski definition) is 4. The normalized spacial score (nSPS) is 13.0. The highest BCUT2D eigenvalue weighted by atomic mass is 35.5. The molecule has 0 heterocycles. The number of anilines is 1. The second kappa shape index (κ2) is 14.4. The van der Waals surface area contributed by atoms with E-state index in [1.807, 2.05) is 44.2 Å². The van der Waals surface area contributed by atoms with Crippen LogP contribution in [0.25, 0.3) is 0 Å². The van der Waals surface area contributed by atoms with E-state index in [1.165, 1.54) is 37.2 Å². The monoisotopic (exact) mass is 602 g/mol. The minimum Gasteiger partial charge on any atom is -0.352 e. The molecule has 0 aliphatic rings. The number of para-hydroxylation sites is 1. The Balaban J connectivity index is 2.12. The van der Waals surface area contributed by atoms with Crippen LogP contribution in [0.3, 0.4) is 0 Å². The van der Waals surface area contributed by atoms with Gasteiger partial charge in [0, 0.05) is 38.1 Å². The number of rotatable bonds is 13. The Morgan fingerprint density at radius 3 is 2.17 bits per heavy atom. The van der Waals surface area contributed by atoms with Crippen molar-refractivity contribution in [3.05, 3.63) is 101 Å². The maximum atomic E-state index is 14.9. The molecule has 0 aromatic heterocycles. The fourth-order valence-electron chi connectivity index (χ4n) is 4.16. The van der Waals surface area contributed by atoms with Crippen LogP contribution in [0.15, 0.2) is 78.9 Å². The van der Waals surface area contributed by atoms with Crippen molar-refractivity contribution in [1.29, 1.82) is 0 Å². The van der Waals surface area contributed by atoms with Gasteiger partial charge in [0.1, 0.15) is 18.4 Å². The number of carbonyl (C=O) groups is 2. The summed E-state index contributed by atoms with van der Waals surface area (Å²) in [4.78, 5) is 29.2. The van der Waals surface area contributed by atoms with Gasteiger partial charge >= 0.3 is 10.2 Å². The van der Waals surface area contributed by atoms with E-state index in [4.69, 9.17) is 11.6 Å². The van der Waals surface area contributed by atoms with Gasteiger partial charge in [0.25, 0.3) is 0 Å². The first-order chi connectivity index (χ1) is 19.4. The lowest BCUT2D eigenvalue weighted by molar-refractivity contribution is -0.140. The van der Waals surface area contributed by atoms with Gasteiger partial charge in [0.15, 0.2) is 0 Å². The lowest BCUT2D eigenvalue weighted by atomic mass is 10.0. The van der Waals surface area contributed by atoms with E-state index in [9.17, 15) is 22.4 Å². The second-order valence-corrected chi connectivity index (χ2v) is 12.4. The zero-order chi connectivity index (χ0) is 30.2. The zero-order valence-electron chi connectivity index (χ0n) is 23.6. The standard InChI is InChI=1S/C30H36ClFN4O4S/c1-5-22(2)33-30(38)28(19-23-13-7-6-8-14-23)35(20-24-15-9-10-16-25(24)31)29(37)21-36(41(39,40)34(3)4)27-18-12-11-17-26(27)32/h6-18,22,28H,5,19-21H2,1-4H3,(H,33,38)/t22-,28-/m1/s1. The first kappa shape index (κ1) is 32.0. The zero-order valence-corrected chi connectivity index (χ0v) is 25.2. The highest BCUT2D eigenvalue weighted by molar-refractivity contribution is 7.90. The third kappa shape index (κ3) is 8.28. The highest BCUT2D eigenvalue weighted by Crippen LogP contribution is 2.25. The van der Waals surface area contributed by atoms with Crippen molar-refractivity contribution in [3.63, 3.8) is 0 Å². The minimum atomic E-state index is -4.30. The van der Waals surface area contributed by atoms with Crippen LogP contribution in [-0.4, -0.2) is 62.2 Å². The van der Waals surface area contributed by atoms with Crippen molar-refractivity contribution >= 4 is 39.3 Å². The molecule has 8 nitrogen and oxygen atoms in total. The molecule has 3 rings (SSSR count). The average Bonchev–Trinajstić information content (AvgIpc) is 2.95. The van der Waals surface area contributed by atoms with Crippen LogP contribution in [0.2, 0.25) is 5.02 Å².